The Balaban J connectivity index is 0.000000177. The molecule has 14 nitrogen and oxygen atoms in total. The molecule has 8 aromatic rings. The van der Waals surface area contributed by atoms with Gasteiger partial charge < -0.3 is 25.0 Å². The minimum Gasteiger partial charge on any atom is -0.378 e. The molecule has 6 aromatic heterocycles. The minimum atomic E-state index is 0.715. The van der Waals surface area contributed by atoms with Crippen molar-refractivity contribution in [2.24, 2.45) is 14.1 Å². The third kappa shape index (κ3) is 7.44. The van der Waals surface area contributed by atoms with Gasteiger partial charge in [-0.1, -0.05) is 26.0 Å². The topological polar surface area (TPSA) is 127 Å². The van der Waals surface area contributed by atoms with Crippen LogP contribution in [0.2, 0.25) is 0 Å². The molecule has 0 amide bonds. The molecule has 0 saturated heterocycles. The van der Waals surface area contributed by atoms with Gasteiger partial charge in [0, 0.05) is 101 Å². The van der Waals surface area contributed by atoms with E-state index >= 15 is 0 Å². The Labute approximate surface area is 315 Å². The van der Waals surface area contributed by atoms with Crippen LogP contribution in [-0.4, -0.2) is 76.3 Å². The molecule has 0 unspecified atom stereocenters. The van der Waals surface area contributed by atoms with E-state index in [0.717, 1.165) is 73.9 Å². The highest BCUT2D eigenvalue weighted by atomic mass is 15.3. The zero-order chi connectivity index (χ0) is 38.5. The molecule has 14 heteroatoms. The van der Waals surface area contributed by atoms with Gasteiger partial charge in [-0.05, 0) is 50.2 Å². The van der Waals surface area contributed by atoms with Crippen LogP contribution in [0.15, 0.2) is 98.2 Å². The maximum atomic E-state index is 4.63. The molecule has 2 aromatic carbocycles. The first-order valence-electron chi connectivity index (χ1n) is 17.8. The zero-order valence-electron chi connectivity index (χ0n) is 32.6. The van der Waals surface area contributed by atoms with Crippen molar-refractivity contribution in [2.75, 3.05) is 48.6 Å². The molecule has 0 spiro atoms. The summed E-state index contributed by atoms with van der Waals surface area (Å²) >= 11 is 0. The first-order chi connectivity index (χ1) is 26.1. The number of nitrogens with one attached hydrogen (secondary N) is 2. The van der Waals surface area contributed by atoms with E-state index in [0.29, 0.717) is 5.82 Å². The van der Waals surface area contributed by atoms with E-state index in [-0.39, 0.29) is 0 Å². The van der Waals surface area contributed by atoms with Crippen molar-refractivity contribution in [2.45, 2.75) is 27.7 Å². The molecule has 0 radical (unpaired) electrons. The van der Waals surface area contributed by atoms with Gasteiger partial charge in [0.1, 0.15) is 0 Å². The van der Waals surface area contributed by atoms with Crippen LogP contribution in [0.1, 0.15) is 25.2 Å². The minimum absolute atomic E-state index is 0.715. The average Bonchev–Trinajstić information content (AvgIpc) is 3.96. The van der Waals surface area contributed by atoms with Gasteiger partial charge in [0.05, 0.1) is 47.7 Å². The van der Waals surface area contributed by atoms with Crippen LogP contribution in [0.3, 0.4) is 0 Å². The molecule has 6 heterocycles. The molecule has 0 bridgehead atoms. The van der Waals surface area contributed by atoms with Gasteiger partial charge in [-0.25, -0.2) is 24.9 Å². The molecule has 0 aliphatic heterocycles. The lowest BCUT2D eigenvalue weighted by atomic mass is 10.1. The van der Waals surface area contributed by atoms with Gasteiger partial charge in [-0.2, -0.15) is 5.10 Å². The number of benzene rings is 2. The summed E-state index contributed by atoms with van der Waals surface area (Å²) in [4.78, 5) is 26.5. The fourth-order valence-electron chi connectivity index (χ4n) is 6.13. The summed E-state index contributed by atoms with van der Waals surface area (Å²) in [6.45, 7) is 8.09. The van der Waals surface area contributed by atoms with Gasteiger partial charge >= 0.3 is 0 Å². The molecule has 0 fully saturated rings. The number of nitrogens with zero attached hydrogens (tertiary/aromatic N) is 12. The van der Waals surface area contributed by atoms with Crippen molar-refractivity contribution in [1.82, 2.24) is 48.1 Å². The van der Waals surface area contributed by atoms with Gasteiger partial charge in [-0.15, -0.1) is 0 Å². The molecular formula is C40H48N14. The fourth-order valence-corrected chi connectivity index (χ4v) is 6.13. The first-order valence-corrected chi connectivity index (χ1v) is 17.8. The van der Waals surface area contributed by atoms with E-state index in [1.54, 1.807) is 18.7 Å². The summed E-state index contributed by atoms with van der Waals surface area (Å²) in [6, 6.07) is 16.4. The summed E-state index contributed by atoms with van der Waals surface area (Å²) in [5.74, 6) is 1.44. The monoisotopic (exact) mass is 724 g/mol. The molecule has 0 atom stereocenters. The van der Waals surface area contributed by atoms with Crippen molar-refractivity contribution in [3.63, 3.8) is 0 Å². The van der Waals surface area contributed by atoms with Crippen LogP contribution in [0.5, 0.6) is 0 Å². The highest BCUT2D eigenvalue weighted by molar-refractivity contribution is 5.77. The first kappa shape index (κ1) is 37.1. The van der Waals surface area contributed by atoms with Crippen LogP contribution in [-0.2, 0) is 14.1 Å². The van der Waals surface area contributed by atoms with Crippen molar-refractivity contribution in [1.29, 1.82) is 0 Å². The lowest BCUT2D eigenvalue weighted by Gasteiger charge is -2.14. The molecule has 8 rings (SSSR count). The largest absolute Gasteiger partial charge is 0.378 e. The van der Waals surface area contributed by atoms with Gasteiger partial charge in [-0.3, -0.25) is 13.5 Å². The number of anilines is 6. The van der Waals surface area contributed by atoms with Gasteiger partial charge in [0.15, 0.2) is 22.9 Å². The Bertz CT molecular complexity index is 2500. The van der Waals surface area contributed by atoms with Crippen molar-refractivity contribution >= 4 is 45.7 Å². The quantitative estimate of drug-likeness (QED) is 0.163. The van der Waals surface area contributed by atoms with Crippen LogP contribution in [0, 0.1) is 13.8 Å². The standard InChI is InChI=1S/C20H23N7.C18H19N7.C2H6/c1-13-18(14(2)26(5)24-13)17-12-22-20-19(21-9-10-27(17)20)23-15-7-6-8-16(11-15)25(3)4;1-23(2)14-6-4-5-13(9-14)22-17-18-21-11-16(25(18)8-7-20-17)15-10-19-12-24(15)3;1-2/h6-12H,1-5H3,(H,21,23);4-12H,1-3H3,(H,20,22);1-2H3. The van der Waals surface area contributed by atoms with Gasteiger partial charge in [0.25, 0.3) is 0 Å². The Hall–Kier alpha value is -6.70. The average molecular weight is 725 g/mol. The molecular weight excluding hydrogens is 677 g/mol. The Morgan fingerprint density at radius 2 is 1.15 bits per heavy atom. The number of aromatic nitrogens is 10. The summed E-state index contributed by atoms with van der Waals surface area (Å²) in [7, 11) is 12.0. The zero-order valence-corrected chi connectivity index (χ0v) is 32.6. The summed E-state index contributed by atoms with van der Waals surface area (Å²) in [5.41, 5.74) is 11.9. The maximum Gasteiger partial charge on any atom is 0.180 e. The van der Waals surface area contributed by atoms with Crippen LogP contribution >= 0.6 is 0 Å². The maximum absolute atomic E-state index is 4.63. The third-order valence-corrected chi connectivity index (χ3v) is 8.95. The number of fused-ring (bicyclic) bond motifs is 2. The molecule has 54 heavy (non-hydrogen) atoms. The molecule has 0 aliphatic carbocycles. The second kappa shape index (κ2) is 15.9. The van der Waals surface area contributed by atoms with Crippen molar-refractivity contribution in [3.05, 3.63) is 110 Å². The third-order valence-electron chi connectivity index (χ3n) is 8.95. The Morgan fingerprint density at radius 1 is 0.630 bits per heavy atom. The number of hydrogen-bond donors (Lipinski definition) is 2. The molecule has 0 saturated carbocycles. The molecule has 278 valence electrons. The fraction of sp³-hybridized carbons (Fsp3) is 0.250. The molecule has 2 N–H and O–H groups in total. The van der Waals surface area contributed by atoms with E-state index in [1.807, 2.05) is 132 Å². The number of imidazole rings is 3. The van der Waals surface area contributed by atoms with E-state index in [1.165, 1.54) is 0 Å². The van der Waals surface area contributed by atoms with Gasteiger partial charge in [0.2, 0.25) is 0 Å². The highest BCUT2D eigenvalue weighted by Gasteiger charge is 2.18. The number of rotatable bonds is 8. The molecule has 0 aliphatic rings. The smallest absolute Gasteiger partial charge is 0.180 e. The number of aryl methyl sites for hydroxylation is 3. The Kier molecular flexibility index (Phi) is 10.9. The Morgan fingerprint density at radius 3 is 1.61 bits per heavy atom. The van der Waals surface area contributed by atoms with Crippen molar-refractivity contribution < 1.29 is 0 Å². The van der Waals surface area contributed by atoms with E-state index in [4.69, 9.17) is 0 Å². The predicted molar refractivity (Wildman–Crippen MR) is 219 cm³/mol. The summed E-state index contributed by atoms with van der Waals surface area (Å²) in [5, 5.41) is 11.3. The lowest BCUT2D eigenvalue weighted by Crippen LogP contribution is -2.08. The van der Waals surface area contributed by atoms with E-state index in [2.05, 4.69) is 86.0 Å². The summed E-state index contributed by atoms with van der Waals surface area (Å²) < 4.78 is 7.94. The van der Waals surface area contributed by atoms with Crippen LogP contribution in [0.4, 0.5) is 34.4 Å². The van der Waals surface area contributed by atoms with E-state index < -0.39 is 0 Å². The second-order valence-corrected chi connectivity index (χ2v) is 12.9. The second-order valence-electron chi connectivity index (χ2n) is 12.9. The lowest BCUT2D eigenvalue weighted by molar-refractivity contribution is 0.731. The van der Waals surface area contributed by atoms with E-state index in [9.17, 15) is 0 Å². The van der Waals surface area contributed by atoms with Crippen LogP contribution < -0.4 is 20.4 Å². The summed E-state index contributed by atoms with van der Waals surface area (Å²) in [6.07, 6.45) is 14.7. The van der Waals surface area contributed by atoms with Crippen LogP contribution in [0.25, 0.3) is 33.9 Å². The normalized spacial score (nSPS) is 10.8. The SMILES string of the molecule is CC.CN(C)c1cccc(Nc2nccn3c(-c4cncn4C)cnc23)c1.Cc1nn(C)c(C)c1-c1cnc2c(Nc3cccc(N(C)C)c3)nccn12. The highest BCUT2D eigenvalue weighted by Crippen LogP contribution is 2.30. The van der Waals surface area contributed by atoms with Crippen molar-refractivity contribution in [3.8, 4) is 22.6 Å². The number of hydrogen-bond acceptors (Lipinski definition) is 10. The predicted octanol–water partition coefficient (Wildman–Crippen LogP) is 7.52.